The molecule has 0 bridgehead atoms. The molecule has 0 radical (unpaired) electrons. The minimum absolute atomic E-state index is 0.0798. The lowest BCUT2D eigenvalue weighted by Crippen LogP contribution is -2.34. The number of thiophene rings is 1. The lowest BCUT2D eigenvalue weighted by atomic mass is 9.56. The van der Waals surface area contributed by atoms with Gasteiger partial charge in [-0.2, -0.15) is 0 Å². The molecule has 1 heterocycles. The Morgan fingerprint density at radius 1 is 0.833 bits per heavy atom. The molecular formula is C51H30O2S. The van der Waals surface area contributed by atoms with Crippen molar-refractivity contribution in [3.63, 3.8) is 0 Å². The van der Waals surface area contributed by atoms with Gasteiger partial charge in [-0.25, -0.2) is 0 Å². The maximum Gasteiger partial charge on any atom is 0.305 e. The number of benzene rings is 4. The van der Waals surface area contributed by atoms with Gasteiger partial charge in [-0.05, 0) is 153 Å². The van der Waals surface area contributed by atoms with Gasteiger partial charge in [0, 0.05) is 63.1 Å². The van der Waals surface area contributed by atoms with Gasteiger partial charge in [-0.15, -0.1) is 11.3 Å². The van der Waals surface area contributed by atoms with Crippen LogP contribution in [0.3, 0.4) is 0 Å². The third-order valence-electron chi connectivity index (χ3n) is 18.2. The summed E-state index contributed by atoms with van der Waals surface area (Å²) >= 11 is 1.99. The Labute approximate surface area is 315 Å². The molecule has 5 aromatic rings. The summed E-state index contributed by atoms with van der Waals surface area (Å²) in [6, 6.07) is 17.7. The molecule has 13 aliphatic rings. The first-order valence-corrected chi connectivity index (χ1v) is 21.3. The van der Waals surface area contributed by atoms with E-state index < -0.39 is 0 Å². The van der Waals surface area contributed by atoms with Crippen molar-refractivity contribution in [2.24, 2.45) is 17.3 Å². The number of carbonyl (C=O) groups excluding carboxylic acids is 1. The first kappa shape index (κ1) is 25.9. The zero-order valence-corrected chi connectivity index (χ0v) is 30.3. The molecule has 4 aromatic carbocycles. The van der Waals surface area contributed by atoms with Crippen molar-refractivity contribution in [2.45, 2.75) is 60.2 Å². The highest BCUT2D eigenvalue weighted by molar-refractivity contribution is 7.10. The van der Waals surface area contributed by atoms with E-state index >= 15 is 0 Å². The molecule has 1 saturated carbocycles. The van der Waals surface area contributed by atoms with Gasteiger partial charge in [-0.3, -0.25) is 4.79 Å². The molecule has 0 N–H and O–H groups in total. The first-order chi connectivity index (χ1) is 26.7. The van der Waals surface area contributed by atoms with E-state index in [1.807, 2.05) is 11.3 Å². The first-order valence-electron chi connectivity index (χ1n) is 20.4. The van der Waals surface area contributed by atoms with Crippen LogP contribution in [-0.4, -0.2) is 13.1 Å². The van der Waals surface area contributed by atoms with Gasteiger partial charge < -0.3 is 4.74 Å². The third kappa shape index (κ3) is 1.88. The number of ether oxygens (including phenoxy) is 1. The molecular weight excluding hydrogens is 677 g/mol. The van der Waals surface area contributed by atoms with E-state index in [1.54, 1.807) is 113 Å². The largest absolute Gasteiger partial charge is 0.469 e. The molecule has 9 atom stereocenters. The maximum atomic E-state index is 13.0. The summed E-state index contributed by atoms with van der Waals surface area (Å²) in [7, 11) is 1.56. The van der Waals surface area contributed by atoms with Gasteiger partial charge >= 0.3 is 5.97 Å². The van der Waals surface area contributed by atoms with Crippen LogP contribution >= 0.6 is 11.3 Å². The van der Waals surface area contributed by atoms with E-state index in [9.17, 15) is 4.79 Å². The summed E-state index contributed by atoms with van der Waals surface area (Å²) in [5.74, 6) is 2.51. The van der Waals surface area contributed by atoms with Gasteiger partial charge in [0.15, 0.2) is 0 Å². The fraction of sp³-hybridized carbons (Fsp3) is 0.275. The number of allylic oxidation sites excluding steroid dienone is 9. The summed E-state index contributed by atoms with van der Waals surface area (Å²) in [6.45, 7) is 0. The average molecular weight is 707 g/mol. The molecule has 252 valence electrons. The second-order valence-corrected chi connectivity index (χ2v) is 19.8. The van der Waals surface area contributed by atoms with Gasteiger partial charge in [0.25, 0.3) is 0 Å². The van der Waals surface area contributed by atoms with E-state index in [-0.39, 0.29) is 22.2 Å². The Morgan fingerprint density at radius 3 is 2.50 bits per heavy atom. The minimum atomic E-state index is -0.186. The van der Waals surface area contributed by atoms with Crippen LogP contribution in [0.5, 0.6) is 0 Å². The fourth-order valence-electron chi connectivity index (χ4n) is 17.6. The van der Waals surface area contributed by atoms with Crippen LogP contribution in [0, 0.1) is 17.3 Å². The van der Waals surface area contributed by atoms with Crippen LogP contribution in [0.25, 0.3) is 55.8 Å². The van der Waals surface area contributed by atoms with Gasteiger partial charge in [-0.1, -0.05) is 66.8 Å². The number of rotatable bonds is 5. The van der Waals surface area contributed by atoms with Crippen LogP contribution < -0.4 is 0 Å². The van der Waals surface area contributed by atoms with E-state index in [2.05, 4.69) is 78.2 Å². The van der Waals surface area contributed by atoms with Crippen LogP contribution in [0.15, 0.2) is 72.1 Å². The highest BCUT2D eigenvalue weighted by Crippen LogP contribution is 3.01. The number of methoxy groups -OCH3 is 1. The Bertz CT molecular complexity index is 3210. The molecule has 0 saturated heterocycles. The average Bonchev–Trinajstić information content (AvgIpc) is 3.94. The zero-order chi connectivity index (χ0) is 34.3. The molecule has 13 aliphatic carbocycles. The standard InChI is InChI=1S/C51H30O2S/c1-53-30(52)5-2-14-49(29-4-3-15-54-29)50-45-27-12-10-25-23-8-6-19-16-21-18-22-17-20-7-9-24-26-11-13-28(27)46(50)38(26)42-36(24)32(20)40-34(22)33(21)39-31(19)35(23)41(37(25)45)47-43(39)44(40)48(42)51(47,49)50/h3-4,6-13,15-17,19,23-24,31,35-36H,2,5,14,18H2,1H3. The Kier molecular flexibility index (Phi) is 3.42. The normalized spacial score (nSPS) is 36.5. The van der Waals surface area contributed by atoms with Crippen molar-refractivity contribution in [3.8, 4) is 11.1 Å². The Balaban J connectivity index is 1.16. The molecule has 1 fully saturated rings. The summed E-state index contributed by atoms with van der Waals surface area (Å²) in [5.41, 5.74) is 32.3. The minimum Gasteiger partial charge on any atom is -0.469 e. The molecule has 18 rings (SSSR count). The van der Waals surface area contributed by atoms with Gasteiger partial charge in [0.1, 0.15) is 0 Å². The third-order valence-corrected chi connectivity index (χ3v) is 19.2. The fourth-order valence-corrected chi connectivity index (χ4v) is 18.6. The topological polar surface area (TPSA) is 26.3 Å². The van der Waals surface area contributed by atoms with E-state index in [0.717, 1.165) is 19.3 Å². The molecule has 0 aliphatic heterocycles. The van der Waals surface area contributed by atoms with Gasteiger partial charge in [0.05, 0.1) is 7.11 Å². The highest BCUT2D eigenvalue weighted by atomic mass is 32.1. The van der Waals surface area contributed by atoms with E-state index in [0.29, 0.717) is 41.9 Å². The molecule has 0 amide bonds. The van der Waals surface area contributed by atoms with E-state index in [4.69, 9.17) is 4.74 Å². The number of hydrogen-bond donors (Lipinski definition) is 0. The van der Waals surface area contributed by atoms with Crippen molar-refractivity contribution in [1.82, 2.24) is 0 Å². The number of carbonyl (C=O) groups is 1. The molecule has 3 heteroatoms. The summed E-state index contributed by atoms with van der Waals surface area (Å²) in [6.07, 6.45) is 16.5. The predicted molar refractivity (Wildman–Crippen MR) is 212 cm³/mol. The van der Waals surface area contributed by atoms with Crippen molar-refractivity contribution < 1.29 is 9.53 Å². The zero-order valence-electron chi connectivity index (χ0n) is 29.5. The lowest BCUT2D eigenvalue weighted by Gasteiger charge is -2.46. The van der Waals surface area contributed by atoms with Crippen molar-refractivity contribution in [2.75, 3.05) is 7.11 Å². The predicted octanol–water partition coefficient (Wildman–Crippen LogP) is 10.8. The number of hydrogen-bond acceptors (Lipinski definition) is 3. The molecule has 2 nitrogen and oxygen atoms in total. The van der Waals surface area contributed by atoms with Crippen LogP contribution in [0.1, 0.15) is 120 Å². The number of fused-ring (bicyclic) bond motifs is 3. The van der Waals surface area contributed by atoms with Crippen LogP contribution in [0.4, 0.5) is 0 Å². The van der Waals surface area contributed by atoms with Crippen molar-refractivity contribution >= 4 is 62.0 Å². The van der Waals surface area contributed by atoms with E-state index in [1.165, 1.54) is 21.6 Å². The quantitative estimate of drug-likeness (QED) is 0.134. The maximum absolute atomic E-state index is 13.0. The molecule has 1 aromatic heterocycles. The second kappa shape index (κ2) is 7.13. The van der Waals surface area contributed by atoms with Crippen molar-refractivity contribution in [1.29, 1.82) is 0 Å². The molecule has 54 heavy (non-hydrogen) atoms. The SMILES string of the molecule is COC(=O)CCCC1(c2cccs2)C23C4=C5c6c7ccc8c6C21c1c-8ccc2c1C1=C3c3c4c4c6c8c(cc9c(c38)C1C2C=C9)CC6=CC1C=CC7C5C41. The Hall–Kier alpha value is -4.99. The molecule has 2 spiro atoms. The number of esters is 1. The monoisotopic (exact) mass is 706 g/mol. The smallest absolute Gasteiger partial charge is 0.305 e. The second-order valence-electron chi connectivity index (χ2n) is 18.9. The molecule has 9 unspecified atom stereocenters. The van der Waals surface area contributed by atoms with Gasteiger partial charge in [0.2, 0.25) is 0 Å². The Morgan fingerprint density at radius 2 is 1.67 bits per heavy atom. The highest BCUT2D eigenvalue weighted by Gasteiger charge is 2.97. The van der Waals surface area contributed by atoms with Crippen LogP contribution in [-0.2, 0) is 26.8 Å². The summed E-state index contributed by atoms with van der Waals surface area (Å²) < 4.78 is 5.34. The van der Waals surface area contributed by atoms with Crippen molar-refractivity contribution in [3.05, 3.63) is 149 Å². The lowest BCUT2D eigenvalue weighted by molar-refractivity contribution is -0.140. The summed E-state index contributed by atoms with van der Waals surface area (Å²) in [5, 5.41) is 5.62. The summed E-state index contributed by atoms with van der Waals surface area (Å²) in [4.78, 5) is 14.5. The van der Waals surface area contributed by atoms with Crippen LogP contribution in [0.2, 0.25) is 0 Å².